The van der Waals surface area contributed by atoms with Crippen LogP contribution in [0.3, 0.4) is 0 Å². The number of likely N-dealkylation sites (tertiary alicyclic amines) is 1. The van der Waals surface area contributed by atoms with Crippen molar-refractivity contribution in [2.45, 2.75) is 78.4 Å². The van der Waals surface area contributed by atoms with Crippen LogP contribution in [0, 0.1) is 12.3 Å². The summed E-state index contributed by atoms with van der Waals surface area (Å²) in [4.78, 5) is 70.6. The molecule has 13 heteroatoms. The van der Waals surface area contributed by atoms with Gasteiger partial charge in [-0.15, -0.1) is 0 Å². The zero-order valence-corrected chi connectivity index (χ0v) is 29.2. The van der Waals surface area contributed by atoms with Gasteiger partial charge in [0.25, 0.3) is 0 Å². The van der Waals surface area contributed by atoms with Crippen molar-refractivity contribution in [3.05, 3.63) is 76.6 Å². The third-order valence-electron chi connectivity index (χ3n) is 9.91. The van der Waals surface area contributed by atoms with E-state index in [1.165, 1.54) is 6.92 Å². The third kappa shape index (κ3) is 6.70. The Morgan fingerprint density at radius 1 is 1.06 bits per heavy atom. The number of carbonyl (C=O) groups excluding carboxylic acids is 4. The highest BCUT2D eigenvalue weighted by atomic mass is 79.9. The average Bonchev–Trinajstić information content (AvgIpc) is 3.49. The minimum absolute atomic E-state index is 0. The number of aromatic nitrogens is 5. The summed E-state index contributed by atoms with van der Waals surface area (Å²) in [6, 6.07) is 8.27. The minimum atomic E-state index is -0.752. The number of allylic oxidation sites excluding steroid dienone is 1. The van der Waals surface area contributed by atoms with E-state index >= 15 is 0 Å². The van der Waals surface area contributed by atoms with Crippen LogP contribution < -0.4 is 5.32 Å². The fraction of sp³-hybridized carbons (Fsp3) is 0.405. The molecule has 3 aliphatic rings. The number of piperidine rings is 1. The Bertz CT molecular complexity index is 2030. The number of hydrogen-bond acceptors (Lipinski definition) is 8. The van der Waals surface area contributed by atoms with E-state index in [9.17, 15) is 19.2 Å². The SMILES string of the molecule is C.CC(=O)c1nn(CC(=O)N2[C@H]3C[C@@]4(C=CCCCCN(C)C(=O)Cc5ccc(Br)nc5NC3=O)C[C@@H]24)c2ccc(-c3cnc(C)nc3)cc12. The van der Waals surface area contributed by atoms with Gasteiger partial charge in [0.05, 0.1) is 11.9 Å². The van der Waals surface area contributed by atoms with Gasteiger partial charge in [0, 0.05) is 60.9 Å². The number of amides is 3. The Balaban J connectivity index is 0.00000432. The Kier molecular flexibility index (Phi) is 9.71. The molecule has 7 rings (SSSR count). The van der Waals surface area contributed by atoms with Gasteiger partial charge in [0.1, 0.15) is 34.5 Å². The van der Waals surface area contributed by atoms with Crippen LogP contribution in [-0.4, -0.2) is 83.7 Å². The molecule has 260 valence electrons. The van der Waals surface area contributed by atoms with Crippen LogP contribution in [0.4, 0.5) is 5.82 Å². The van der Waals surface area contributed by atoms with Gasteiger partial charge in [-0.1, -0.05) is 31.7 Å². The van der Waals surface area contributed by atoms with E-state index in [4.69, 9.17) is 0 Å². The normalized spacial score (nSPS) is 22.1. The lowest BCUT2D eigenvalue weighted by atomic mass is 9.97. The molecule has 1 saturated carbocycles. The molecule has 12 nitrogen and oxygen atoms in total. The number of nitrogens with zero attached hydrogens (tertiary/aromatic N) is 7. The Hall–Kier alpha value is -4.78. The van der Waals surface area contributed by atoms with E-state index in [0.717, 1.165) is 36.8 Å². The highest BCUT2D eigenvalue weighted by Gasteiger charge is 2.65. The lowest BCUT2D eigenvalue weighted by molar-refractivity contribution is -0.138. The molecule has 2 fully saturated rings. The highest BCUT2D eigenvalue weighted by molar-refractivity contribution is 9.10. The summed E-state index contributed by atoms with van der Waals surface area (Å²) in [6.07, 6.45) is 11.8. The van der Waals surface area contributed by atoms with Crippen LogP contribution in [0.15, 0.2) is 59.5 Å². The number of aryl methyl sites for hydroxylation is 1. The number of benzene rings is 1. The van der Waals surface area contributed by atoms with E-state index in [2.05, 4.69) is 53.4 Å². The minimum Gasteiger partial charge on any atom is -0.345 e. The van der Waals surface area contributed by atoms with Crippen molar-refractivity contribution in [3.8, 4) is 11.1 Å². The molecule has 2 bridgehead atoms. The van der Waals surface area contributed by atoms with Crippen molar-refractivity contribution in [2.24, 2.45) is 5.41 Å². The van der Waals surface area contributed by atoms with Crippen LogP contribution >= 0.6 is 15.9 Å². The van der Waals surface area contributed by atoms with Crippen molar-refractivity contribution in [3.63, 3.8) is 0 Å². The van der Waals surface area contributed by atoms with Crippen LogP contribution in [0.1, 0.15) is 68.3 Å². The summed E-state index contributed by atoms with van der Waals surface area (Å²) in [7, 11) is 1.80. The molecule has 50 heavy (non-hydrogen) atoms. The first kappa shape index (κ1) is 35.1. The zero-order chi connectivity index (χ0) is 34.4. The maximum absolute atomic E-state index is 14.3. The summed E-state index contributed by atoms with van der Waals surface area (Å²) in [6.45, 7) is 3.78. The lowest BCUT2D eigenvalue weighted by Crippen LogP contribution is -2.47. The summed E-state index contributed by atoms with van der Waals surface area (Å²) in [5.74, 6) is 0.0636. The summed E-state index contributed by atoms with van der Waals surface area (Å²) in [5.41, 5.74) is 2.86. The number of likely N-dealkylation sites (N-methyl/N-ethyl adjacent to an activating group) is 1. The van der Waals surface area contributed by atoms with Crippen LogP contribution in [0.2, 0.25) is 0 Å². The molecule has 1 aliphatic carbocycles. The van der Waals surface area contributed by atoms with E-state index in [0.29, 0.717) is 45.7 Å². The van der Waals surface area contributed by atoms with E-state index in [-0.39, 0.29) is 61.0 Å². The summed E-state index contributed by atoms with van der Waals surface area (Å²) >= 11 is 3.40. The van der Waals surface area contributed by atoms with Gasteiger partial charge in [-0.3, -0.25) is 23.9 Å². The molecule has 1 N–H and O–H groups in total. The molecule has 2 aliphatic heterocycles. The van der Waals surface area contributed by atoms with E-state index < -0.39 is 6.04 Å². The van der Waals surface area contributed by atoms with Crippen LogP contribution in [-0.2, 0) is 27.3 Å². The number of carbonyl (C=O) groups is 4. The fourth-order valence-corrected chi connectivity index (χ4v) is 7.45. The Labute approximate surface area is 299 Å². The number of anilines is 1. The molecule has 3 amide bonds. The standard InChI is InChI=1S/C36H37BrN8O4.CH4/c1-21(46)33-26-14-23(25-18-38-22(2)39-19-25)8-10-27(26)44(42-33)20-32(48)45-28-16-36(17-29(36)45)12-6-4-5-7-13-43(3)31(47)15-24-9-11-30(37)40-34(24)41-35(28)49;/h6,8-12,14,18-19,28-29H,4-5,7,13,15-17,20H2,1-3H3,(H,40,41,49);1H4/t28-,29+,36-;/m0./s1. The lowest BCUT2D eigenvalue weighted by Gasteiger charge is -2.27. The Morgan fingerprint density at radius 3 is 2.60 bits per heavy atom. The predicted molar refractivity (Wildman–Crippen MR) is 193 cm³/mol. The zero-order valence-electron chi connectivity index (χ0n) is 27.6. The van der Waals surface area contributed by atoms with Gasteiger partial charge >= 0.3 is 0 Å². The van der Waals surface area contributed by atoms with Crippen LogP contribution in [0.5, 0.6) is 0 Å². The smallest absolute Gasteiger partial charge is 0.248 e. The van der Waals surface area contributed by atoms with Crippen molar-refractivity contribution in [1.29, 1.82) is 0 Å². The van der Waals surface area contributed by atoms with Gasteiger partial charge < -0.3 is 15.1 Å². The maximum Gasteiger partial charge on any atom is 0.248 e. The molecular weight excluding hydrogens is 700 g/mol. The van der Waals surface area contributed by atoms with Crippen molar-refractivity contribution >= 4 is 56.2 Å². The second-order valence-electron chi connectivity index (χ2n) is 13.3. The number of pyridine rings is 1. The number of hydrogen-bond donors (Lipinski definition) is 1. The van der Waals surface area contributed by atoms with Gasteiger partial charge in [0.15, 0.2) is 5.78 Å². The molecule has 0 radical (unpaired) electrons. The first-order chi connectivity index (χ1) is 23.5. The van der Waals surface area contributed by atoms with Crippen molar-refractivity contribution in [1.82, 2.24) is 34.5 Å². The van der Waals surface area contributed by atoms with Crippen molar-refractivity contribution < 1.29 is 19.2 Å². The molecule has 1 aromatic carbocycles. The molecule has 3 atom stereocenters. The monoisotopic (exact) mass is 740 g/mol. The Morgan fingerprint density at radius 2 is 1.84 bits per heavy atom. The molecule has 3 aromatic heterocycles. The second-order valence-corrected chi connectivity index (χ2v) is 14.1. The predicted octanol–water partition coefficient (Wildman–Crippen LogP) is 5.54. The fourth-order valence-electron chi connectivity index (χ4n) is 7.14. The quantitative estimate of drug-likeness (QED) is 0.163. The van der Waals surface area contributed by atoms with Gasteiger partial charge in [-0.2, -0.15) is 5.10 Å². The van der Waals surface area contributed by atoms with E-state index in [1.54, 1.807) is 46.1 Å². The number of fused-ring (bicyclic) bond motifs is 3. The van der Waals surface area contributed by atoms with Crippen molar-refractivity contribution in [2.75, 3.05) is 18.9 Å². The van der Waals surface area contributed by atoms with Crippen LogP contribution in [0.25, 0.3) is 22.0 Å². The molecule has 1 saturated heterocycles. The molecular formula is C37H41BrN8O4. The van der Waals surface area contributed by atoms with Gasteiger partial charge in [-0.25, -0.2) is 15.0 Å². The average molecular weight is 742 g/mol. The maximum atomic E-state index is 14.3. The topological polar surface area (TPSA) is 143 Å². The largest absolute Gasteiger partial charge is 0.345 e. The first-order valence-corrected chi connectivity index (χ1v) is 17.3. The third-order valence-corrected chi connectivity index (χ3v) is 10.4. The second kappa shape index (κ2) is 13.9. The molecule has 1 spiro atoms. The van der Waals surface area contributed by atoms with Gasteiger partial charge in [-0.05, 0) is 78.7 Å². The molecule has 5 heterocycles. The number of ketones is 1. The molecule has 0 unspecified atom stereocenters. The number of Topliss-reactive ketones (excluding diaryl/α,β-unsaturated/α-hetero) is 1. The van der Waals surface area contributed by atoms with E-state index in [1.807, 2.05) is 25.1 Å². The number of rotatable bonds is 4. The number of halogens is 1. The van der Waals surface area contributed by atoms with Gasteiger partial charge in [0.2, 0.25) is 17.7 Å². The first-order valence-electron chi connectivity index (χ1n) is 16.5. The molecule has 4 aromatic rings. The number of nitrogens with one attached hydrogen (secondary N) is 1. The summed E-state index contributed by atoms with van der Waals surface area (Å²) in [5, 5.41) is 8.19. The summed E-state index contributed by atoms with van der Waals surface area (Å²) < 4.78 is 2.08. The highest BCUT2D eigenvalue weighted by Crippen LogP contribution is 2.61.